The third-order valence-electron chi connectivity index (χ3n) is 10.1. The maximum Gasteiger partial charge on any atom is 0.227 e. The number of halogens is 2. The van der Waals surface area contributed by atoms with Crippen molar-refractivity contribution in [3.8, 4) is 5.75 Å². The Morgan fingerprint density at radius 3 is 2.72 bits per heavy atom. The summed E-state index contributed by atoms with van der Waals surface area (Å²) in [6, 6.07) is 15.2. The number of ether oxygens (including phenoxy) is 1. The Bertz CT molecular complexity index is 1620. The van der Waals surface area contributed by atoms with Crippen molar-refractivity contribution in [1.82, 2.24) is 24.7 Å². The Labute approximate surface area is 275 Å². The number of imidazole rings is 1. The molecule has 46 heavy (non-hydrogen) atoms. The second-order valence-corrected chi connectivity index (χ2v) is 13.6. The number of aromatic nitrogens is 2. The molecule has 0 spiro atoms. The Morgan fingerprint density at radius 2 is 1.93 bits per heavy atom. The first kappa shape index (κ1) is 30.8. The van der Waals surface area contributed by atoms with Crippen molar-refractivity contribution in [2.75, 3.05) is 26.2 Å². The summed E-state index contributed by atoms with van der Waals surface area (Å²) in [4.78, 5) is 26.5. The van der Waals surface area contributed by atoms with Gasteiger partial charge in [0, 0.05) is 56.8 Å². The number of hydrogen-bond donors (Lipinski definition) is 1. The highest BCUT2D eigenvalue weighted by Crippen LogP contribution is 2.49. The predicted octanol–water partition coefficient (Wildman–Crippen LogP) is 5.74. The summed E-state index contributed by atoms with van der Waals surface area (Å²) < 4.78 is 23.2. The molecular formula is C36H42ClFN6O2. The monoisotopic (exact) mass is 644 g/mol. The van der Waals surface area contributed by atoms with Crippen molar-refractivity contribution in [2.45, 2.75) is 64.6 Å². The molecular weight excluding hydrogens is 603 g/mol. The molecule has 7 rings (SSSR count). The molecule has 1 aromatic heterocycles. The van der Waals surface area contributed by atoms with Crippen LogP contribution in [0.1, 0.15) is 55.3 Å². The lowest BCUT2D eigenvalue weighted by Gasteiger charge is -2.35. The first-order chi connectivity index (χ1) is 22.4. The predicted molar refractivity (Wildman–Crippen MR) is 177 cm³/mol. The summed E-state index contributed by atoms with van der Waals surface area (Å²) in [5.74, 6) is 4.04. The molecule has 0 bridgehead atoms. The number of hydrogen-bond acceptors (Lipinski definition) is 6. The normalized spacial score (nSPS) is 22.9. The lowest BCUT2D eigenvalue weighted by molar-refractivity contribution is -0.132. The van der Waals surface area contributed by atoms with Gasteiger partial charge in [0.05, 0.1) is 30.6 Å². The van der Waals surface area contributed by atoms with Crippen molar-refractivity contribution >= 4 is 23.5 Å². The van der Waals surface area contributed by atoms with Gasteiger partial charge < -0.3 is 24.4 Å². The zero-order valence-corrected chi connectivity index (χ0v) is 27.1. The summed E-state index contributed by atoms with van der Waals surface area (Å²) >= 11 is 6.16. The first-order valence-corrected chi connectivity index (χ1v) is 17.0. The van der Waals surface area contributed by atoms with Crippen LogP contribution in [0.5, 0.6) is 5.75 Å². The van der Waals surface area contributed by atoms with Gasteiger partial charge in [-0.3, -0.25) is 4.79 Å². The fraction of sp³-hybridized carbons (Fsp3) is 0.472. The minimum Gasteiger partial charge on any atom is -0.493 e. The molecule has 3 aromatic rings. The number of carbonyl (C=O) groups excluding carboxylic acids is 1. The molecule has 1 amide bonds. The van der Waals surface area contributed by atoms with E-state index in [1.807, 2.05) is 37.5 Å². The first-order valence-electron chi connectivity index (χ1n) is 16.6. The van der Waals surface area contributed by atoms with Crippen LogP contribution in [0, 0.1) is 23.6 Å². The molecule has 2 fully saturated rings. The Hall–Kier alpha value is -3.85. The SMILES string of the molecule is CC1N=C(N2CCC(C3C[C@H]3CCOc3ccc(CC(=O)N4CCn5c(Cc6ccccc6)cnc5C4)c(F)c3)CC2)NC=C1Cl. The van der Waals surface area contributed by atoms with Crippen LogP contribution in [-0.2, 0) is 30.7 Å². The van der Waals surface area contributed by atoms with E-state index in [0.717, 1.165) is 60.3 Å². The molecule has 1 saturated heterocycles. The van der Waals surface area contributed by atoms with Gasteiger partial charge in [-0.1, -0.05) is 48.0 Å². The molecule has 1 aliphatic carbocycles. The third kappa shape index (κ3) is 6.94. The average molecular weight is 645 g/mol. The maximum atomic E-state index is 15.0. The van der Waals surface area contributed by atoms with Crippen LogP contribution >= 0.6 is 11.6 Å². The topological polar surface area (TPSA) is 75.0 Å². The van der Waals surface area contributed by atoms with Crippen LogP contribution in [0.25, 0.3) is 0 Å². The molecule has 3 atom stereocenters. The van der Waals surface area contributed by atoms with Crippen LogP contribution < -0.4 is 10.1 Å². The van der Waals surface area contributed by atoms with Crippen LogP contribution in [0.3, 0.4) is 0 Å². The van der Waals surface area contributed by atoms with Gasteiger partial charge >= 0.3 is 0 Å². The van der Waals surface area contributed by atoms with Gasteiger partial charge in [-0.2, -0.15) is 0 Å². The molecule has 3 aliphatic heterocycles. The maximum absolute atomic E-state index is 15.0. The number of rotatable bonds is 9. The van der Waals surface area contributed by atoms with E-state index in [0.29, 0.717) is 43.5 Å². The smallest absolute Gasteiger partial charge is 0.227 e. The summed E-state index contributed by atoms with van der Waals surface area (Å²) in [6.07, 6.45) is 9.19. The Kier molecular flexibility index (Phi) is 9.02. The molecule has 8 nitrogen and oxygen atoms in total. The standard InChI is InChI=1S/C36H42ClFN6O2/c1-24-32(37)22-40-36(41-24)42-12-9-26(10-13-42)31-18-27(31)11-16-46-30-8-7-28(33(38)20-30)19-35(45)43-14-15-44-29(21-39-34(44)23-43)17-25-5-3-2-4-6-25/h2-8,20-22,24,26-27,31H,9-19,23H2,1H3,(H,40,41)/t24?,27-,31?/m1/s1. The number of guanidine groups is 1. The number of likely N-dealkylation sites (tertiary alicyclic amines) is 1. The van der Waals surface area contributed by atoms with E-state index in [4.69, 9.17) is 16.3 Å². The van der Waals surface area contributed by atoms with Gasteiger partial charge in [0.2, 0.25) is 5.91 Å². The van der Waals surface area contributed by atoms with Crippen molar-refractivity contribution in [2.24, 2.45) is 22.7 Å². The van der Waals surface area contributed by atoms with E-state index in [1.54, 1.807) is 17.0 Å². The minimum atomic E-state index is -0.394. The van der Waals surface area contributed by atoms with E-state index in [1.165, 1.54) is 30.9 Å². The van der Waals surface area contributed by atoms with Crippen molar-refractivity contribution in [1.29, 1.82) is 0 Å². The van der Waals surface area contributed by atoms with E-state index in [9.17, 15) is 4.79 Å². The largest absolute Gasteiger partial charge is 0.493 e. The van der Waals surface area contributed by atoms with Gasteiger partial charge in [-0.15, -0.1) is 0 Å². The van der Waals surface area contributed by atoms with Gasteiger partial charge in [-0.25, -0.2) is 14.4 Å². The van der Waals surface area contributed by atoms with Crippen LogP contribution in [0.2, 0.25) is 0 Å². The van der Waals surface area contributed by atoms with Crippen molar-refractivity contribution in [3.63, 3.8) is 0 Å². The number of aliphatic imine (C=N–C) groups is 1. The summed E-state index contributed by atoms with van der Waals surface area (Å²) in [6.45, 7) is 6.35. The second kappa shape index (κ2) is 13.5. The molecule has 1 N–H and O–H groups in total. The zero-order valence-electron chi connectivity index (χ0n) is 26.4. The van der Waals surface area contributed by atoms with Crippen LogP contribution in [0.4, 0.5) is 4.39 Å². The molecule has 10 heteroatoms. The van der Waals surface area contributed by atoms with E-state index >= 15 is 4.39 Å². The Morgan fingerprint density at radius 1 is 1.11 bits per heavy atom. The van der Waals surface area contributed by atoms with Crippen molar-refractivity contribution < 1.29 is 13.9 Å². The number of benzene rings is 2. The lowest BCUT2D eigenvalue weighted by Crippen LogP contribution is -2.46. The van der Waals surface area contributed by atoms with Crippen LogP contribution in [-0.4, -0.2) is 63.5 Å². The number of amides is 1. The van der Waals surface area contributed by atoms with Crippen molar-refractivity contribution in [3.05, 3.63) is 94.4 Å². The molecule has 0 radical (unpaired) electrons. The number of piperidine rings is 1. The van der Waals surface area contributed by atoms with Gasteiger partial charge in [0.1, 0.15) is 17.4 Å². The lowest BCUT2D eigenvalue weighted by atomic mass is 9.90. The number of nitrogens with one attached hydrogen (secondary N) is 1. The quantitative estimate of drug-likeness (QED) is 0.322. The number of nitrogens with zero attached hydrogens (tertiary/aromatic N) is 5. The minimum absolute atomic E-state index is 0.0157. The highest BCUT2D eigenvalue weighted by molar-refractivity contribution is 6.30. The van der Waals surface area contributed by atoms with Gasteiger partial charge in [0.15, 0.2) is 5.96 Å². The Balaban J connectivity index is 0.834. The average Bonchev–Trinajstić information content (AvgIpc) is 3.74. The van der Waals surface area contributed by atoms with E-state index < -0.39 is 5.82 Å². The summed E-state index contributed by atoms with van der Waals surface area (Å²) in [7, 11) is 0. The molecule has 242 valence electrons. The fourth-order valence-corrected chi connectivity index (χ4v) is 7.38. The number of carbonyl (C=O) groups is 1. The van der Waals surface area contributed by atoms with Crippen LogP contribution in [0.15, 0.2) is 71.0 Å². The second-order valence-electron chi connectivity index (χ2n) is 13.1. The van der Waals surface area contributed by atoms with E-state index in [2.05, 4.69) is 36.9 Å². The molecule has 4 heterocycles. The zero-order chi connectivity index (χ0) is 31.6. The summed E-state index contributed by atoms with van der Waals surface area (Å²) in [5, 5.41) is 3.98. The third-order valence-corrected chi connectivity index (χ3v) is 10.6. The molecule has 1 saturated carbocycles. The number of fused-ring (bicyclic) bond motifs is 1. The van der Waals surface area contributed by atoms with E-state index in [-0.39, 0.29) is 18.4 Å². The summed E-state index contributed by atoms with van der Waals surface area (Å²) in [5.41, 5.74) is 2.78. The highest BCUT2D eigenvalue weighted by atomic mass is 35.5. The molecule has 4 aliphatic rings. The van der Waals surface area contributed by atoms with Gasteiger partial charge in [0.25, 0.3) is 0 Å². The van der Waals surface area contributed by atoms with Gasteiger partial charge in [-0.05, 0) is 67.6 Å². The highest BCUT2D eigenvalue weighted by Gasteiger charge is 2.43. The fourth-order valence-electron chi connectivity index (χ4n) is 7.28. The molecule has 2 aromatic carbocycles. The molecule has 2 unspecified atom stereocenters.